The monoisotopic (exact) mass is 341 g/mol. The second kappa shape index (κ2) is 7.33. The Morgan fingerprint density at radius 1 is 1.08 bits per heavy atom. The number of nitrogens with two attached hydrogens (primary N) is 1. The maximum Gasteiger partial charge on any atom is 0.407 e. The van der Waals surface area contributed by atoms with Crippen molar-refractivity contribution in [2.75, 3.05) is 13.2 Å². The van der Waals surface area contributed by atoms with Gasteiger partial charge in [-0.25, -0.2) is 9.59 Å². The zero-order chi connectivity index (χ0) is 17.8. The zero-order valence-electron chi connectivity index (χ0n) is 13.4. The number of nitrogens with one attached hydrogen (secondary N) is 2. The van der Waals surface area contributed by atoms with Gasteiger partial charge in [-0.05, 0) is 22.3 Å². The van der Waals surface area contributed by atoms with Crippen LogP contribution >= 0.6 is 0 Å². The Morgan fingerprint density at radius 3 is 2.16 bits per heavy atom. The van der Waals surface area contributed by atoms with Gasteiger partial charge in [0.2, 0.25) is 0 Å². The lowest BCUT2D eigenvalue weighted by Crippen LogP contribution is -2.49. The van der Waals surface area contributed by atoms with Crippen LogP contribution < -0.4 is 16.6 Å². The molecule has 7 heteroatoms. The van der Waals surface area contributed by atoms with E-state index in [1.807, 2.05) is 48.5 Å². The van der Waals surface area contributed by atoms with Gasteiger partial charge in [-0.3, -0.25) is 11.3 Å². The summed E-state index contributed by atoms with van der Waals surface area (Å²) in [4.78, 5) is 23.0. The predicted molar refractivity (Wildman–Crippen MR) is 91.8 cm³/mol. The Labute approximate surface area is 144 Å². The molecule has 3 rings (SSSR count). The van der Waals surface area contributed by atoms with Crippen LogP contribution in [0.15, 0.2) is 48.5 Å². The van der Waals surface area contributed by atoms with Gasteiger partial charge < -0.3 is 15.2 Å². The lowest BCUT2D eigenvalue weighted by Gasteiger charge is -2.17. The summed E-state index contributed by atoms with van der Waals surface area (Å²) in [7, 11) is 0. The van der Waals surface area contributed by atoms with Crippen molar-refractivity contribution in [3.05, 3.63) is 59.7 Å². The van der Waals surface area contributed by atoms with Crippen LogP contribution in [-0.4, -0.2) is 36.4 Å². The molecule has 1 atom stereocenters. The minimum absolute atomic E-state index is 0.0749. The molecule has 7 nitrogen and oxygen atoms in total. The van der Waals surface area contributed by atoms with E-state index in [9.17, 15) is 9.59 Å². The van der Waals surface area contributed by atoms with Crippen molar-refractivity contribution in [1.82, 2.24) is 10.7 Å². The van der Waals surface area contributed by atoms with Gasteiger partial charge in [0.1, 0.15) is 12.6 Å². The molecule has 0 radical (unpaired) electrons. The zero-order valence-corrected chi connectivity index (χ0v) is 13.4. The average Bonchev–Trinajstić information content (AvgIpc) is 2.93. The number of benzene rings is 2. The van der Waals surface area contributed by atoms with E-state index >= 15 is 0 Å². The molecule has 0 bridgehead atoms. The van der Waals surface area contributed by atoms with Crippen LogP contribution in [0.25, 0.3) is 11.1 Å². The fraction of sp³-hybridized carbons (Fsp3) is 0.222. The number of hydrogen-bond donors (Lipinski definition) is 4. The number of hydrazine groups is 1. The molecule has 1 aliphatic carbocycles. The van der Waals surface area contributed by atoms with Gasteiger partial charge in [0, 0.05) is 12.5 Å². The van der Waals surface area contributed by atoms with Gasteiger partial charge in [0.25, 0.3) is 0 Å². The van der Waals surface area contributed by atoms with Crippen molar-refractivity contribution in [3.63, 3.8) is 0 Å². The Bertz CT molecular complexity index is 748. The third-order valence-corrected chi connectivity index (χ3v) is 4.26. The SMILES string of the molecule is NNC[C@@H](NC(=O)OCC1c2ccccc2-c2ccccc21)C(=O)O. The highest BCUT2D eigenvalue weighted by molar-refractivity contribution is 5.81. The van der Waals surface area contributed by atoms with Gasteiger partial charge >= 0.3 is 12.1 Å². The molecule has 2 aromatic rings. The lowest BCUT2D eigenvalue weighted by atomic mass is 9.98. The van der Waals surface area contributed by atoms with Crippen LogP contribution in [0.5, 0.6) is 0 Å². The molecule has 0 aliphatic heterocycles. The molecule has 130 valence electrons. The summed E-state index contributed by atoms with van der Waals surface area (Å²) in [5.41, 5.74) is 6.67. The highest BCUT2D eigenvalue weighted by Gasteiger charge is 2.29. The second-order valence-electron chi connectivity index (χ2n) is 5.77. The van der Waals surface area contributed by atoms with Crippen LogP contribution in [0.3, 0.4) is 0 Å². The first-order valence-electron chi connectivity index (χ1n) is 7.89. The number of amides is 1. The summed E-state index contributed by atoms with van der Waals surface area (Å²) in [6, 6.07) is 14.8. The van der Waals surface area contributed by atoms with Crippen LogP contribution in [0.1, 0.15) is 17.0 Å². The molecule has 1 amide bonds. The van der Waals surface area contributed by atoms with E-state index in [4.69, 9.17) is 15.7 Å². The van der Waals surface area contributed by atoms with E-state index in [0.29, 0.717) is 0 Å². The summed E-state index contributed by atoms with van der Waals surface area (Å²) < 4.78 is 5.28. The highest BCUT2D eigenvalue weighted by Crippen LogP contribution is 2.44. The Morgan fingerprint density at radius 2 is 1.64 bits per heavy atom. The second-order valence-corrected chi connectivity index (χ2v) is 5.77. The Balaban J connectivity index is 1.71. The van der Waals surface area contributed by atoms with Crippen molar-refractivity contribution in [3.8, 4) is 11.1 Å². The van der Waals surface area contributed by atoms with Crippen molar-refractivity contribution in [1.29, 1.82) is 0 Å². The van der Waals surface area contributed by atoms with E-state index in [2.05, 4.69) is 10.7 Å². The molecular formula is C18H19N3O4. The van der Waals surface area contributed by atoms with E-state index in [1.165, 1.54) is 0 Å². The maximum absolute atomic E-state index is 11.9. The van der Waals surface area contributed by atoms with E-state index in [1.54, 1.807) is 0 Å². The highest BCUT2D eigenvalue weighted by atomic mass is 16.5. The number of hydrogen-bond acceptors (Lipinski definition) is 5. The molecule has 2 aromatic carbocycles. The van der Waals surface area contributed by atoms with E-state index < -0.39 is 18.1 Å². The number of fused-ring (bicyclic) bond motifs is 3. The summed E-state index contributed by atoms with van der Waals surface area (Å²) in [6.07, 6.45) is -0.787. The predicted octanol–water partition coefficient (Wildman–Crippen LogP) is 1.44. The molecule has 1 aliphatic rings. The normalized spacial score (nSPS) is 13.6. The van der Waals surface area contributed by atoms with Crippen molar-refractivity contribution in [2.24, 2.45) is 5.84 Å². The largest absolute Gasteiger partial charge is 0.480 e. The quantitative estimate of drug-likeness (QED) is 0.467. The number of ether oxygens (including phenoxy) is 1. The fourth-order valence-electron chi connectivity index (χ4n) is 3.10. The number of carbonyl (C=O) groups excluding carboxylic acids is 1. The van der Waals surface area contributed by atoms with Crippen molar-refractivity contribution in [2.45, 2.75) is 12.0 Å². The molecule has 5 N–H and O–H groups in total. The van der Waals surface area contributed by atoms with Gasteiger partial charge in [-0.2, -0.15) is 0 Å². The first-order valence-corrected chi connectivity index (χ1v) is 7.89. The van der Waals surface area contributed by atoms with Crippen LogP contribution in [-0.2, 0) is 9.53 Å². The molecular weight excluding hydrogens is 322 g/mol. The Hall–Kier alpha value is -2.90. The third-order valence-electron chi connectivity index (χ3n) is 4.26. The average molecular weight is 341 g/mol. The van der Waals surface area contributed by atoms with Gasteiger partial charge in [0.05, 0.1) is 0 Å². The standard InChI is InChI=1S/C18H19N3O4/c19-20-9-16(17(22)23)21-18(24)25-10-15-13-7-3-1-5-11(13)12-6-2-4-8-14(12)15/h1-8,15-16,20H,9-10,19H2,(H,21,24)(H,22,23)/t16-/m1/s1. The first kappa shape index (κ1) is 16.9. The molecule has 0 fully saturated rings. The van der Waals surface area contributed by atoms with Crippen molar-refractivity contribution < 1.29 is 19.4 Å². The summed E-state index contributed by atoms with van der Waals surface area (Å²) in [5, 5.41) is 11.3. The molecule has 0 saturated carbocycles. The molecule has 0 heterocycles. The third kappa shape index (κ3) is 3.47. The van der Waals surface area contributed by atoms with E-state index in [0.717, 1.165) is 22.3 Å². The summed E-state index contributed by atoms with van der Waals surface area (Å²) in [6.45, 7) is 0.0295. The number of carboxylic acid groups (broad SMARTS) is 1. The van der Waals surface area contributed by atoms with Crippen LogP contribution in [0, 0.1) is 0 Å². The fourth-order valence-corrected chi connectivity index (χ4v) is 3.10. The topological polar surface area (TPSA) is 114 Å². The first-order chi connectivity index (χ1) is 12.1. The van der Waals surface area contributed by atoms with Gasteiger partial charge in [0.15, 0.2) is 0 Å². The van der Waals surface area contributed by atoms with Crippen molar-refractivity contribution >= 4 is 12.1 Å². The molecule has 0 unspecified atom stereocenters. The lowest BCUT2D eigenvalue weighted by molar-refractivity contribution is -0.139. The summed E-state index contributed by atoms with van der Waals surface area (Å²) in [5.74, 6) is 3.85. The minimum atomic E-state index is -1.19. The number of aliphatic carboxylic acids is 1. The smallest absolute Gasteiger partial charge is 0.407 e. The Kier molecular flexibility index (Phi) is 4.97. The molecule has 0 aromatic heterocycles. The summed E-state index contributed by atoms with van der Waals surface area (Å²) >= 11 is 0. The maximum atomic E-state index is 11.9. The van der Waals surface area contributed by atoms with Crippen LogP contribution in [0.2, 0.25) is 0 Å². The number of alkyl carbamates (subject to hydrolysis) is 1. The van der Waals surface area contributed by atoms with Crippen LogP contribution in [0.4, 0.5) is 4.79 Å². The number of carboxylic acids is 1. The van der Waals surface area contributed by atoms with E-state index in [-0.39, 0.29) is 19.1 Å². The minimum Gasteiger partial charge on any atom is -0.480 e. The molecule has 0 spiro atoms. The number of rotatable bonds is 6. The molecule has 0 saturated heterocycles. The molecule has 25 heavy (non-hydrogen) atoms. The number of carbonyl (C=O) groups is 2. The van der Waals surface area contributed by atoms with Gasteiger partial charge in [-0.1, -0.05) is 48.5 Å². The van der Waals surface area contributed by atoms with Gasteiger partial charge in [-0.15, -0.1) is 0 Å².